The predicted octanol–water partition coefficient (Wildman–Crippen LogP) is 0.465. The number of amides is 2. The van der Waals surface area contributed by atoms with Gasteiger partial charge in [0.05, 0.1) is 6.10 Å². The molecule has 1 aromatic heterocycles. The number of hydrogen-bond acceptors (Lipinski definition) is 5. The van der Waals surface area contributed by atoms with Crippen LogP contribution in [0, 0.1) is 11.8 Å². The highest BCUT2D eigenvalue weighted by Crippen LogP contribution is 2.31. The Kier molecular flexibility index (Phi) is 6.53. The monoisotopic (exact) mass is 416 g/mol. The zero-order chi connectivity index (χ0) is 21.1. The van der Waals surface area contributed by atoms with Gasteiger partial charge in [-0.05, 0) is 56.7 Å². The minimum atomic E-state index is -0.303. The van der Waals surface area contributed by atoms with Gasteiger partial charge in [-0.1, -0.05) is 0 Å². The summed E-state index contributed by atoms with van der Waals surface area (Å²) < 4.78 is 7.04. The van der Waals surface area contributed by atoms with Crippen molar-refractivity contribution in [3.8, 4) is 0 Å². The first-order valence-electron chi connectivity index (χ1n) is 11.0. The van der Waals surface area contributed by atoms with Crippen LogP contribution < -0.4 is 10.9 Å². The SMILES string of the molecule is Cn1ccc(C(=O)NC[C@H]2CN(CC3CCN(CC4CC4)CC3)C(=O)CO2)cc1=O. The van der Waals surface area contributed by atoms with E-state index in [1.54, 1.807) is 19.3 Å². The molecule has 1 saturated carbocycles. The fourth-order valence-corrected chi connectivity index (χ4v) is 4.31. The number of piperidine rings is 1. The molecular weight excluding hydrogens is 384 g/mol. The van der Waals surface area contributed by atoms with Gasteiger partial charge in [0.25, 0.3) is 11.5 Å². The van der Waals surface area contributed by atoms with Gasteiger partial charge in [-0.15, -0.1) is 0 Å². The molecule has 2 amide bonds. The van der Waals surface area contributed by atoms with E-state index in [0.717, 1.165) is 38.4 Å². The highest BCUT2D eigenvalue weighted by Gasteiger charge is 2.31. The van der Waals surface area contributed by atoms with Crippen LogP contribution in [0.4, 0.5) is 0 Å². The van der Waals surface area contributed by atoms with Crippen LogP contribution in [0.3, 0.4) is 0 Å². The molecule has 8 heteroatoms. The van der Waals surface area contributed by atoms with Gasteiger partial charge in [-0.2, -0.15) is 0 Å². The van der Waals surface area contributed by atoms with Crippen LogP contribution in [0.5, 0.6) is 0 Å². The summed E-state index contributed by atoms with van der Waals surface area (Å²) in [5.41, 5.74) is 0.108. The first-order valence-corrected chi connectivity index (χ1v) is 11.0. The Morgan fingerprint density at radius 1 is 1.13 bits per heavy atom. The van der Waals surface area contributed by atoms with Crippen molar-refractivity contribution < 1.29 is 14.3 Å². The van der Waals surface area contributed by atoms with Crippen molar-refractivity contribution >= 4 is 11.8 Å². The third-order valence-electron chi connectivity index (χ3n) is 6.48. The topological polar surface area (TPSA) is 83.9 Å². The number of carbonyl (C=O) groups is 2. The molecule has 1 aromatic rings. The minimum Gasteiger partial charge on any atom is -0.365 e. The summed E-state index contributed by atoms with van der Waals surface area (Å²) in [6.45, 7) is 5.17. The van der Waals surface area contributed by atoms with E-state index in [9.17, 15) is 14.4 Å². The average molecular weight is 417 g/mol. The first kappa shape index (κ1) is 21.1. The van der Waals surface area contributed by atoms with Gasteiger partial charge in [-0.3, -0.25) is 14.4 Å². The zero-order valence-electron chi connectivity index (χ0n) is 17.7. The highest BCUT2D eigenvalue weighted by molar-refractivity contribution is 5.94. The van der Waals surface area contributed by atoms with E-state index in [-0.39, 0.29) is 30.1 Å². The summed E-state index contributed by atoms with van der Waals surface area (Å²) in [4.78, 5) is 40.8. The number of pyridine rings is 1. The van der Waals surface area contributed by atoms with E-state index < -0.39 is 0 Å². The van der Waals surface area contributed by atoms with E-state index in [0.29, 0.717) is 24.6 Å². The lowest BCUT2D eigenvalue weighted by Crippen LogP contribution is -2.52. The molecule has 0 unspecified atom stereocenters. The summed E-state index contributed by atoms with van der Waals surface area (Å²) in [7, 11) is 1.64. The third kappa shape index (κ3) is 5.49. The van der Waals surface area contributed by atoms with Crippen LogP contribution in [0.25, 0.3) is 0 Å². The molecule has 0 radical (unpaired) electrons. The number of aromatic nitrogens is 1. The van der Waals surface area contributed by atoms with Crippen molar-refractivity contribution in [3.05, 3.63) is 34.2 Å². The number of morpholine rings is 1. The molecule has 0 spiro atoms. The van der Waals surface area contributed by atoms with E-state index in [4.69, 9.17) is 4.74 Å². The third-order valence-corrected chi connectivity index (χ3v) is 6.48. The molecule has 4 rings (SSSR count). The number of nitrogens with zero attached hydrogens (tertiary/aromatic N) is 3. The quantitative estimate of drug-likeness (QED) is 0.698. The summed E-state index contributed by atoms with van der Waals surface area (Å²) in [5.74, 6) is 1.20. The molecule has 0 aromatic carbocycles. The number of likely N-dealkylation sites (tertiary alicyclic amines) is 1. The standard InChI is InChI=1S/C22H32N4O4/c1-24-7-6-18(10-20(24)27)22(29)23-11-19-14-26(21(28)15-30-19)13-17-4-8-25(9-5-17)12-16-2-3-16/h6-7,10,16-17,19H,2-5,8-9,11-15H2,1H3,(H,23,29)/t19-/m0/s1. The summed E-state index contributed by atoms with van der Waals surface area (Å²) in [6, 6.07) is 2.94. The van der Waals surface area contributed by atoms with Crippen LogP contribution in [0.1, 0.15) is 36.0 Å². The lowest BCUT2D eigenvalue weighted by molar-refractivity contribution is -0.149. The second-order valence-corrected chi connectivity index (χ2v) is 8.99. The maximum Gasteiger partial charge on any atom is 0.251 e. The van der Waals surface area contributed by atoms with Gasteiger partial charge in [0.2, 0.25) is 5.91 Å². The fourth-order valence-electron chi connectivity index (χ4n) is 4.31. The van der Waals surface area contributed by atoms with Gasteiger partial charge in [0.1, 0.15) is 6.61 Å². The molecule has 3 fully saturated rings. The Hall–Kier alpha value is -2.19. The molecule has 0 bridgehead atoms. The van der Waals surface area contributed by atoms with E-state index in [1.165, 1.54) is 30.0 Å². The molecule has 1 atom stereocenters. The summed E-state index contributed by atoms with van der Waals surface area (Å²) in [5, 5.41) is 2.83. The van der Waals surface area contributed by atoms with Gasteiger partial charge in [0.15, 0.2) is 0 Å². The van der Waals surface area contributed by atoms with Crippen LogP contribution in [-0.2, 0) is 16.6 Å². The zero-order valence-corrected chi connectivity index (χ0v) is 17.7. The Labute approximate surface area is 177 Å². The van der Waals surface area contributed by atoms with Gasteiger partial charge in [-0.25, -0.2) is 0 Å². The largest absolute Gasteiger partial charge is 0.365 e. The Morgan fingerprint density at radius 3 is 2.57 bits per heavy atom. The van der Waals surface area contributed by atoms with Gasteiger partial charge in [0, 0.05) is 51.1 Å². The number of aryl methyl sites for hydroxylation is 1. The van der Waals surface area contributed by atoms with Crippen molar-refractivity contribution in [2.75, 3.05) is 45.9 Å². The summed E-state index contributed by atoms with van der Waals surface area (Å²) in [6.07, 6.45) is 6.41. The summed E-state index contributed by atoms with van der Waals surface area (Å²) >= 11 is 0. The Balaban J connectivity index is 1.23. The van der Waals surface area contributed by atoms with Crippen LogP contribution >= 0.6 is 0 Å². The van der Waals surface area contributed by atoms with Crippen molar-refractivity contribution in [2.24, 2.45) is 18.9 Å². The normalized spacial score (nSPS) is 23.6. The molecule has 1 N–H and O–H groups in total. The van der Waals surface area contributed by atoms with Crippen molar-refractivity contribution in [1.29, 1.82) is 0 Å². The molecule has 8 nitrogen and oxygen atoms in total. The van der Waals surface area contributed by atoms with Crippen LogP contribution in [-0.4, -0.2) is 78.2 Å². The number of carbonyl (C=O) groups excluding carboxylic acids is 2. The lowest BCUT2D eigenvalue weighted by atomic mass is 9.95. The average Bonchev–Trinajstić information content (AvgIpc) is 3.56. The van der Waals surface area contributed by atoms with E-state index in [2.05, 4.69) is 10.2 Å². The predicted molar refractivity (Wildman–Crippen MR) is 112 cm³/mol. The Bertz CT molecular complexity index is 827. The molecule has 3 heterocycles. The molecule has 3 aliphatic rings. The lowest BCUT2D eigenvalue weighted by Gasteiger charge is -2.38. The second kappa shape index (κ2) is 9.31. The molecule has 30 heavy (non-hydrogen) atoms. The van der Waals surface area contributed by atoms with Crippen molar-refractivity contribution in [3.63, 3.8) is 0 Å². The van der Waals surface area contributed by atoms with Crippen molar-refractivity contribution in [2.45, 2.75) is 31.8 Å². The van der Waals surface area contributed by atoms with Gasteiger partial charge < -0.3 is 24.4 Å². The van der Waals surface area contributed by atoms with Crippen molar-refractivity contribution in [1.82, 2.24) is 19.7 Å². The minimum absolute atomic E-state index is 0.0320. The second-order valence-electron chi connectivity index (χ2n) is 8.99. The maximum atomic E-state index is 12.3. The highest BCUT2D eigenvalue weighted by atomic mass is 16.5. The molecule has 1 aliphatic carbocycles. The van der Waals surface area contributed by atoms with Gasteiger partial charge >= 0.3 is 0 Å². The molecule has 2 aliphatic heterocycles. The van der Waals surface area contributed by atoms with Crippen LogP contribution in [0.15, 0.2) is 23.1 Å². The van der Waals surface area contributed by atoms with E-state index >= 15 is 0 Å². The number of hydrogen-bond donors (Lipinski definition) is 1. The molecule has 2 saturated heterocycles. The maximum absolute atomic E-state index is 12.3. The first-order chi connectivity index (χ1) is 14.5. The smallest absolute Gasteiger partial charge is 0.251 e. The van der Waals surface area contributed by atoms with E-state index in [1.807, 2.05) is 4.90 Å². The Morgan fingerprint density at radius 2 is 1.87 bits per heavy atom. The van der Waals surface area contributed by atoms with Crippen LogP contribution in [0.2, 0.25) is 0 Å². The molecular formula is C22H32N4O4. The fraction of sp³-hybridized carbons (Fsp3) is 0.682. The number of nitrogens with one attached hydrogen (secondary N) is 1. The number of rotatable bonds is 7. The molecule has 164 valence electrons. The number of ether oxygens (including phenoxy) is 1.